The number of thiophene rings is 1. The number of rotatable bonds is 6. The van der Waals surface area contributed by atoms with E-state index in [0.717, 1.165) is 20.1 Å². The highest BCUT2D eigenvalue weighted by Crippen LogP contribution is 2.27. The highest BCUT2D eigenvalue weighted by atomic mass is 79.9. The maximum absolute atomic E-state index is 12.8. The second-order valence-corrected chi connectivity index (χ2v) is 10.8. The quantitative estimate of drug-likeness (QED) is 0.482. The van der Waals surface area contributed by atoms with Gasteiger partial charge in [-0.25, -0.2) is 8.42 Å². The van der Waals surface area contributed by atoms with E-state index >= 15 is 0 Å². The Bertz CT molecular complexity index is 1120. The summed E-state index contributed by atoms with van der Waals surface area (Å²) >= 11 is 4.93. The van der Waals surface area contributed by atoms with Gasteiger partial charge in [-0.05, 0) is 30.3 Å². The number of ketones is 1. The van der Waals surface area contributed by atoms with E-state index in [9.17, 15) is 13.2 Å². The first kappa shape index (κ1) is 20.7. The third-order valence-corrected chi connectivity index (χ3v) is 8.62. The number of sulfonamides is 1. The Morgan fingerprint density at radius 1 is 1.00 bits per heavy atom. The van der Waals surface area contributed by atoms with Gasteiger partial charge in [0.2, 0.25) is 10.0 Å². The lowest BCUT2D eigenvalue weighted by molar-refractivity contribution is 0.0954. The van der Waals surface area contributed by atoms with E-state index in [0.29, 0.717) is 44.0 Å². The number of hydrogen-bond acceptors (Lipinski definition) is 5. The standard InChI is InChI=1S/C21H21BrN2O3S2/c22-16-5-7-17(8-6-16)29(26,27)24-13-11-23(12-14-24)10-9-20(25)19-15-28-21-4-2-1-3-18(19)21/h1-8,15H,9-14H2. The van der Waals surface area contributed by atoms with E-state index in [-0.39, 0.29) is 5.78 Å². The van der Waals surface area contributed by atoms with Gasteiger partial charge in [-0.2, -0.15) is 4.31 Å². The van der Waals surface area contributed by atoms with Crippen LogP contribution in [0.15, 0.2) is 63.3 Å². The first-order valence-corrected chi connectivity index (χ1v) is 12.5. The summed E-state index contributed by atoms with van der Waals surface area (Å²) in [6, 6.07) is 14.7. The molecule has 152 valence electrons. The number of hydrogen-bond donors (Lipinski definition) is 0. The number of piperazine rings is 1. The number of benzene rings is 2. The van der Waals surface area contributed by atoms with Crippen molar-refractivity contribution in [3.05, 3.63) is 63.9 Å². The number of carbonyl (C=O) groups excluding carboxylic acids is 1. The molecule has 1 saturated heterocycles. The van der Waals surface area contributed by atoms with Crippen LogP contribution in [0.5, 0.6) is 0 Å². The Morgan fingerprint density at radius 3 is 2.41 bits per heavy atom. The van der Waals surface area contributed by atoms with E-state index in [1.807, 2.05) is 29.6 Å². The van der Waals surface area contributed by atoms with Crippen LogP contribution < -0.4 is 0 Å². The van der Waals surface area contributed by atoms with Crippen molar-refractivity contribution in [2.45, 2.75) is 11.3 Å². The van der Waals surface area contributed by atoms with Crippen molar-refractivity contribution in [3.63, 3.8) is 0 Å². The molecular weight excluding hydrogens is 472 g/mol. The first-order chi connectivity index (χ1) is 13.9. The Balaban J connectivity index is 1.33. The molecule has 2 heterocycles. The minimum Gasteiger partial charge on any atom is -0.300 e. The summed E-state index contributed by atoms with van der Waals surface area (Å²) in [5, 5.41) is 2.96. The fraction of sp³-hybridized carbons (Fsp3) is 0.286. The minimum atomic E-state index is -3.47. The molecule has 4 rings (SSSR count). The average molecular weight is 493 g/mol. The Kier molecular flexibility index (Phi) is 6.17. The van der Waals surface area contributed by atoms with Crippen molar-refractivity contribution in [2.24, 2.45) is 0 Å². The van der Waals surface area contributed by atoms with E-state index in [2.05, 4.69) is 20.8 Å². The molecule has 29 heavy (non-hydrogen) atoms. The fourth-order valence-electron chi connectivity index (χ4n) is 3.54. The SMILES string of the molecule is O=C(CCN1CCN(S(=O)(=O)c2ccc(Br)cc2)CC1)c1csc2ccccc12. The van der Waals surface area contributed by atoms with Crippen molar-refractivity contribution < 1.29 is 13.2 Å². The van der Waals surface area contributed by atoms with Crippen LogP contribution in [0.25, 0.3) is 10.1 Å². The van der Waals surface area contributed by atoms with Crippen LogP contribution in [0.1, 0.15) is 16.8 Å². The molecule has 0 amide bonds. The van der Waals surface area contributed by atoms with Crippen molar-refractivity contribution in [1.82, 2.24) is 9.21 Å². The zero-order valence-corrected chi connectivity index (χ0v) is 19.0. The van der Waals surface area contributed by atoms with E-state index in [4.69, 9.17) is 0 Å². The van der Waals surface area contributed by atoms with Crippen LogP contribution in [0.4, 0.5) is 0 Å². The highest BCUT2D eigenvalue weighted by Gasteiger charge is 2.28. The first-order valence-electron chi connectivity index (χ1n) is 9.43. The Labute approximate surface area is 183 Å². The summed E-state index contributed by atoms with van der Waals surface area (Å²) in [7, 11) is -3.47. The zero-order chi connectivity index (χ0) is 20.4. The number of halogens is 1. The molecule has 5 nitrogen and oxygen atoms in total. The van der Waals surface area contributed by atoms with Gasteiger partial charge in [0, 0.05) is 64.6 Å². The molecule has 0 unspecified atom stereocenters. The van der Waals surface area contributed by atoms with Crippen molar-refractivity contribution >= 4 is 53.2 Å². The van der Waals surface area contributed by atoms with E-state index < -0.39 is 10.0 Å². The maximum Gasteiger partial charge on any atom is 0.243 e. The molecular formula is C21H21BrN2O3S2. The van der Waals surface area contributed by atoms with Gasteiger partial charge in [0.1, 0.15) is 0 Å². The Hall–Kier alpha value is -1.58. The highest BCUT2D eigenvalue weighted by molar-refractivity contribution is 9.10. The van der Waals surface area contributed by atoms with E-state index in [1.165, 1.54) is 4.31 Å². The molecule has 0 N–H and O–H groups in total. The molecule has 2 aromatic carbocycles. The maximum atomic E-state index is 12.8. The van der Waals surface area contributed by atoms with Gasteiger partial charge in [0.15, 0.2) is 5.78 Å². The van der Waals surface area contributed by atoms with Crippen molar-refractivity contribution in [2.75, 3.05) is 32.7 Å². The van der Waals surface area contributed by atoms with Gasteiger partial charge < -0.3 is 4.90 Å². The molecule has 0 spiro atoms. The van der Waals surface area contributed by atoms with Crippen molar-refractivity contribution in [1.29, 1.82) is 0 Å². The Morgan fingerprint density at radius 2 is 1.69 bits per heavy atom. The molecule has 0 atom stereocenters. The largest absolute Gasteiger partial charge is 0.300 e. The summed E-state index contributed by atoms with van der Waals surface area (Å²) in [5.74, 6) is 0.146. The summed E-state index contributed by atoms with van der Waals surface area (Å²) < 4.78 is 29.1. The molecule has 3 aromatic rings. The summed E-state index contributed by atoms with van der Waals surface area (Å²) in [4.78, 5) is 15.1. The van der Waals surface area contributed by atoms with Crippen LogP contribution in [0.2, 0.25) is 0 Å². The normalized spacial score (nSPS) is 16.3. The van der Waals surface area contributed by atoms with Crippen LogP contribution in [0.3, 0.4) is 0 Å². The summed E-state index contributed by atoms with van der Waals surface area (Å²) in [6.45, 7) is 2.79. The second kappa shape index (κ2) is 8.65. The van der Waals surface area contributed by atoms with Crippen molar-refractivity contribution in [3.8, 4) is 0 Å². The molecule has 1 aromatic heterocycles. The molecule has 0 radical (unpaired) electrons. The monoisotopic (exact) mass is 492 g/mol. The lowest BCUT2D eigenvalue weighted by Crippen LogP contribution is -2.48. The van der Waals surface area contributed by atoms with Crippen LogP contribution in [-0.4, -0.2) is 56.1 Å². The molecule has 1 aliphatic heterocycles. The molecule has 8 heteroatoms. The molecule has 1 aliphatic rings. The van der Waals surface area contributed by atoms with E-state index in [1.54, 1.807) is 35.6 Å². The summed E-state index contributed by atoms with van der Waals surface area (Å²) in [5.41, 5.74) is 0.794. The molecule has 0 bridgehead atoms. The van der Waals surface area contributed by atoms with Gasteiger partial charge in [0.05, 0.1) is 4.90 Å². The predicted molar refractivity (Wildman–Crippen MR) is 120 cm³/mol. The minimum absolute atomic E-state index is 0.146. The molecule has 1 fully saturated rings. The second-order valence-electron chi connectivity index (χ2n) is 7.02. The molecule has 0 saturated carbocycles. The predicted octanol–water partition coefficient (Wildman–Crippen LogP) is 4.24. The third-order valence-electron chi connectivity index (χ3n) is 5.22. The number of fused-ring (bicyclic) bond motifs is 1. The topological polar surface area (TPSA) is 57.7 Å². The third kappa shape index (κ3) is 4.46. The van der Waals surface area contributed by atoms with Crippen LogP contribution in [0, 0.1) is 0 Å². The number of carbonyl (C=O) groups is 1. The smallest absolute Gasteiger partial charge is 0.243 e. The summed E-state index contributed by atoms with van der Waals surface area (Å²) in [6.07, 6.45) is 0.445. The lowest BCUT2D eigenvalue weighted by atomic mass is 10.1. The van der Waals surface area contributed by atoms with Gasteiger partial charge >= 0.3 is 0 Å². The van der Waals surface area contributed by atoms with Crippen LogP contribution >= 0.6 is 27.3 Å². The van der Waals surface area contributed by atoms with Crippen LogP contribution in [-0.2, 0) is 10.0 Å². The van der Waals surface area contributed by atoms with Gasteiger partial charge in [-0.3, -0.25) is 4.79 Å². The van der Waals surface area contributed by atoms with Gasteiger partial charge in [-0.15, -0.1) is 11.3 Å². The fourth-order valence-corrected chi connectivity index (χ4v) is 6.19. The number of nitrogens with zero attached hydrogens (tertiary/aromatic N) is 2. The zero-order valence-electron chi connectivity index (χ0n) is 15.8. The number of Topliss-reactive ketones (excluding diaryl/α,β-unsaturated/α-hetero) is 1. The van der Waals surface area contributed by atoms with Gasteiger partial charge in [-0.1, -0.05) is 34.1 Å². The molecule has 0 aliphatic carbocycles. The average Bonchev–Trinajstić information content (AvgIpc) is 3.17. The van der Waals surface area contributed by atoms with Gasteiger partial charge in [0.25, 0.3) is 0 Å². The lowest BCUT2D eigenvalue weighted by Gasteiger charge is -2.33.